The first-order valence-electron chi connectivity index (χ1n) is 10.7. The van der Waals surface area contributed by atoms with Crippen LogP contribution in [0.2, 0.25) is 0 Å². The minimum Gasteiger partial charge on any atom is -0.772 e. The minimum absolute atomic E-state index is 0.0278. The average Bonchev–Trinajstić information content (AvgIpc) is 3.09. The van der Waals surface area contributed by atoms with Crippen molar-refractivity contribution in [3.05, 3.63) is 59.9 Å². The topological polar surface area (TPSA) is 88.6 Å². The molecule has 2 amide bonds. The van der Waals surface area contributed by atoms with Crippen LogP contribution < -0.4 is 10.2 Å². The van der Waals surface area contributed by atoms with E-state index in [1.54, 1.807) is 23.4 Å². The molecular weight excluding hydrogens is 412 g/mol. The van der Waals surface area contributed by atoms with Gasteiger partial charge in [0.15, 0.2) is 0 Å². The fourth-order valence-electron chi connectivity index (χ4n) is 5.13. The first kappa shape index (κ1) is 21.9. The fraction of sp³-hybridized carbons (Fsp3) is 0.478. The van der Waals surface area contributed by atoms with Crippen LogP contribution in [0, 0.1) is 0 Å². The highest BCUT2D eigenvalue weighted by Gasteiger charge is 2.50. The number of nitrogens with one attached hydrogen (secondary N) is 1. The van der Waals surface area contributed by atoms with E-state index in [-0.39, 0.29) is 22.9 Å². The lowest BCUT2D eigenvalue weighted by Crippen LogP contribution is -2.54. The largest absolute Gasteiger partial charge is 0.772 e. The summed E-state index contributed by atoms with van der Waals surface area (Å²) in [5, 5.41) is 3.26. The Morgan fingerprint density at radius 3 is 2.52 bits per heavy atom. The summed E-state index contributed by atoms with van der Waals surface area (Å²) in [6, 6.07) is 12.3. The Morgan fingerprint density at radius 1 is 1.16 bits per heavy atom. The molecule has 1 aliphatic carbocycles. The zero-order valence-corrected chi connectivity index (χ0v) is 18.9. The zero-order chi connectivity index (χ0) is 22.1. The molecule has 2 heterocycles. The molecule has 4 rings (SSSR count). The van der Waals surface area contributed by atoms with Crippen LogP contribution in [0.1, 0.15) is 36.8 Å². The van der Waals surface area contributed by atoms with Crippen molar-refractivity contribution in [2.45, 2.75) is 43.2 Å². The van der Waals surface area contributed by atoms with E-state index in [1.165, 1.54) is 5.56 Å². The van der Waals surface area contributed by atoms with Crippen LogP contribution in [-0.2, 0) is 23.0 Å². The number of carbonyl (C=O) groups is 1. The molecule has 1 saturated carbocycles. The Morgan fingerprint density at radius 2 is 1.87 bits per heavy atom. The van der Waals surface area contributed by atoms with Gasteiger partial charge in [-0.1, -0.05) is 41.4 Å². The number of hydrogen-bond donors (Lipinski definition) is 1. The van der Waals surface area contributed by atoms with Crippen molar-refractivity contribution in [3.8, 4) is 0 Å². The molecule has 1 aromatic heterocycles. The molecule has 1 aromatic carbocycles. The Bertz CT molecular complexity index is 958. The average molecular weight is 442 g/mol. The van der Waals surface area contributed by atoms with E-state index in [0.29, 0.717) is 18.7 Å². The standard InChI is InChI=1S/C23H30N4O3S/c1-26(2)23(19-6-4-3-5-7-19)12-10-22(11-13-23)17-27(21(28)25-22)20-16-24-14-8-18(20)9-15-31(29)30/h3-8,14,16H,9-13,15,17H2,1-2H3,(H,25,28)(H,29,30)/p-1. The van der Waals surface area contributed by atoms with Gasteiger partial charge in [0.25, 0.3) is 0 Å². The first-order chi connectivity index (χ1) is 14.9. The van der Waals surface area contributed by atoms with Gasteiger partial charge >= 0.3 is 6.03 Å². The predicted molar refractivity (Wildman–Crippen MR) is 121 cm³/mol. The molecular formula is C23H29N4O3S-. The molecule has 0 bridgehead atoms. The molecule has 1 unspecified atom stereocenters. The van der Waals surface area contributed by atoms with Crippen LogP contribution in [0.3, 0.4) is 0 Å². The second kappa shape index (κ2) is 8.68. The van der Waals surface area contributed by atoms with Crippen molar-refractivity contribution in [1.29, 1.82) is 0 Å². The van der Waals surface area contributed by atoms with Gasteiger partial charge in [-0.25, -0.2) is 4.79 Å². The molecule has 1 aliphatic heterocycles. The van der Waals surface area contributed by atoms with E-state index in [9.17, 15) is 13.6 Å². The highest BCUT2D eigenvalue weighted by Crippen LogP contribution is 2.46. The summed E-state index contributed by atoms with van der Waals surface area (Å²) in [7, 11) is 4.26. The first-order valence-corrected chi connectivity index (χ1v) is 11.9. The van der Waals surface area contributed by atoms with Crippen LogP contribution in [0.25, 0.3) is 0 Å². The Kier molecular flexibility index (Phi) is 6.14. The highest BCUT2D eigenvalue weighted by atomic mass is 32.2. The maximum Gasteiger partial charge on any atom is 0.322 e. The number of amides is 2. The summed E-state index contributed by atoms with van der Waals surface area (Å²) >= 11 is -2.12. The molecule has 1 saturated heterocycles. The van der Waals surface area contributed by atoms with Gasteiger partial charge in [-0.3, -0.25) is 19.0 Å². The van der Waals surface area contributed by atoms with Gasteiger partial charge in [-0.05, 0) is 63.4 Å². The van der Waals surface area contributed by atoms with Crippen LogP contribution in [0.5, 0.6) is 0 Å². The lowest BCUT2D eigenvalue weighted by atomic mass is 9.69. The Labute approximate surface area is 186 Å². The second-order valence-corrected chi connectivity index (χ2v) is 9.87. The van der Waals surface area contributed by atoms with Crippen molar-refractivity contribution in [2.75, 3.05) is 31.3 Å². The number of carbonyl (C=O) groups excluding carboxylic acids is 1. The van der Waals surface area contributed by atoms with Crippen molar-refractivity contribution >= 4 is 22.8 Å². The SMILES string of the molecule is CN(C)C1(c2ccccc2)CCC2(CC1)CN(c1cnccc1CCS(=O)[O-])C(=O)N2. The molecule has 31 heavy (non-hydrogen) atoms. The third kappa shape index (κ3) is 4.24. The monoisotopic (exact) mass is 441 g/mol. The van der Waals surface area contributed by atoms with Gasteiger partial charge in [0.05, 0.1) is 24.0 Å². The molecule has 1 atom stereocenters. The fourth-order valence-corrected chi connectivity index (χ4v) is 5.52. The number of anilines is 1. The van der Waals surface area contributed by atoms with Crippen LogP contribution in [0.15, 0.2) is 48.8 Å². The molecule has 166 valence electrons. The molecule has 1 spiro atoms. The number of aryl methyl sites for hydroxylation is 1. The van der Waals surface area contributed by atoms with E-state index in [2.05, 4.69) is 53.6 Å². The third-order valence-electron chi connectivity index (χ3n) is 7.00. The summed E-state index contributed by atoms with van der Waals surface area (Å²) in [6.07, 6.45) is 7.33. The van der Waals surface area contributed by atoms with Gasteiger partial charge in [0, 0.05) is 17.5 Å². The van der Waals surface area contributed by atoms with Crippen LogP contribution in [0.4, 0.5) is 10.5 Å². The predicted octanol–water partition coefficient (Wildman–Crippen LogP) is 2.80. The number of hydrogen-bond acceptors (Lipinski definition) is 5. The van der Waals surface area contributed by atoms with E-state index < -0.39 is 11.1 Å². The third-order valence-corrected chi connectivity index (χ3v) is 7.53. The van der Waals surface area contributed by atoms with Crippen molar-refractivity contribution < 1.29 is 13.6 Å². The lowest BCUT2D eigenvalue weighted by Gasteiger charge is -2.48. The van der Waals surface area contributed by atoms with E-state index in [0.717, 1.165) is 31.2 Å². The van der Waals surface area contributed by atoms with Gasteiger partial charge < -0.3 is 9.87 Å². The van der Waals surface area contributed by atoms with E-state index in [4.69, 9.17) is 0 Å². The zero-order valence-electron chi connectivity index (χ0n) is 18.0. The maximum absolute atomic E-state index is 13.0. The molecule has 8 heteroatoms. The number of aromatic nitrogens is 1. The number of pyridine rings is 1. The number of nitrogens with zero attached hydrogens (tertiary/aromatic N) is 3. The van der Waals surface area contributed by atoms with Gasteiger partial charge in [-0.2, -0.15) is 0 Å². The number of urea groups is 1. The summed E-state index contributed by atoms with van der Waals surface area (Å²) in [6.45, 7) is 0.573. The van der Waals surface area contributed by atoms with Crippen molar-refractivity contribution in [3.63, 3.8) is 0 Å². The molecule has 2 fully saturated rings. The second-order valence-electron chi connectivity index (χ2n) is 8.85. The van der Waals surface area contributed by atoms with Crippen molar-refractivity contribution in [1.82, 2.24) is 15.2 Å². The van der Waals surface area contributed by atoms with E-state index in [1.807, 2.05) is 6.07 Å². The van der Waals surface area contributed by atoms with E-state index >= 15 is 0 Å². The quantitative estimate of drug-likeness (QED) is 0.697. The summed E-state index contributed by atoms with van der Waals surface area (Å²) < 4.78 is 22.1. The summed E-state index contributed by atoms with van der Waals surface area (Å²) in [5.74, 6) is 0.0278. The van der Waals surface area contributed by atoms with Gasteiger partial charge in [0.1, 0.15) is 0 Å². The van der Waals surface area contributed by atoms with Gasteiger partial charge in [0.2, 0.25) is 0 Å². The normalized spacial score (nSPS) is 27.0. The number of benzene rings is 1. The highest BCUT2D eigenvalue weighted by molar-refractivity contribution is 7.79. The summed E-state index contributed by atoms with van der Waals surface area (Å²) in [5.41, 5.74) is 2.53. The Balaban J connectivity index is 1.54. The summed E-state index contributed by atoms with van der Waals surface area (Å²) in [4.78, 5) is 21.2. The molecule has 2 aromatic rings. The minimum atomic E-state index is -2.12. The molecule has 0 radical (unpaired) electrons. The Hall–Kier alpha value is -2.29. The molecule has 2 aliphatic rings. The number of rotatable bonds is 6. The smallest absolute Gasteiger partial charge is 0.322 e. The molecule has 7 nitrogen and oxygen atoms in total. The van der Waals surface area contributed by atoms with Crippen LogP contribution in [-0.4, -0.2) is 56.6 Å². The van der Waals surface area contributed by atoms with Gasteiger partial charge in [-0.15, -0.1) is 0 Å². The van der Waals surface area contributed by atoms with Crippen LogP contribution >= 0.6 is 0 Å². The van der Waals surface area contributed by atoms with Crippen molar-refractivity contribution in [2.24, 2.45) is 0 Å². The molecule has 1 N–H and O–H groups in total. The maximum atomic E-state index is 13.0. The lowest BCUT2D eigenvalue weighted by molar-refractivity contribution is 0.0658.